The van der Waals surface area contributed by atoms with Crippen LogP contribution in [0.3, 0.4) is 0 Å². The summed E-state index contributed by atoms with van der Waals surface area (Å²) in [5.41, 5.74) is 18.8. The summed E-state index contributed by atoms with van der Waals surface area (Å²) < 4.78 is 0. The number of amides is 5. The molecule has 1 saturated carbocycles. The Bertz CT molecular complexity index is 2150. The molecule has 2 aliphatic rings. The second kappa shape index (κ2) is 24.3. The molecule has 0 unspecified atom stereocenters. The Labute approximate surface area is 381 Å². The van der Waals surface area contributed by atoms with Crippen molar-refractivity contribution in [2.45, 2.75) is 101 Å². The third-order valence-electron chi connectivity index (χ3n) is 11.9. The van der Waals surface area contributed by atoms with Crippen LogP contribution < -0.4 is 38.5 Å². The Morgan fingerprint density at radius 2 is 1.55 bits per heavy atom. The number of aromatic hydroxyl groups is 1. The summed E-state index contributed by atoms with van der Waals surface area (Å²) >= 11 is 0. The molecule has 356 valence electrons. The van der Waals surface area contributed by atoms with E-state index in [0.29, 0.717) is 56.2 Å². The summed E-state index contributed by atoms with van der Waals surface area (Å²) in [6, 6.07) is 9.77. The average molecular weight is 916 g/mol. The molecule has 2 aromatic carbocycles. The number of guanidine groups is 1. The van der Waals surface area contributed by atoms with Crippen molar-refractivity contribution >= 4 is 47.4 Å². The summed E-state index contributed by atoms with van der Waals surface area (Å²) in [5.74, 6) is -6.41. The lowest BCUT2D eigenvalue weighted by Gasteiger charge is -2.36. The molecule has 21 heteroatoms. The highest BCUT2D eigenvalue weighted by atomic mass is 16.4. The number of carbonyl (C=O) groups excluding carboxylic acids is 5. The van der Waals surface area contributed by atoms with Gasteiger partial charge in [-0.05, 0) is 86.5 Å². The van der Waals surface area contributed by atoms with Crippen molar-refractivity contribution in [2.75, 3.05) is 19.6 Å². The number of hydrogen-bond donors (Lipinski definition) is 11. The van der Waals surface area contributed by atoms with E-state index in [1.807, 2.05) is 0 Å². The number of aromatic amines is 1. The first kappa shape index (κ1) is 50.0. The molecule has 66 heavy (non-hydrogen) atoms. The van der Waals surface area contributed by atoms with Crippen molar-refractivity contribution in [3.63, 3.8) is 0 Å². The maximum Gasteiger partial charge on any atom is 0.326 e. The summed E-state index contributed by atoms with van der Waals surface area (Å²) in [7, 11) is 0. The number of H-pyrrole nitrogens is 1. The number of aromatic nitrogens is 2. The van der Waals surface area contributed by atoms with Gasteiger partial charge in [0.2, 0.25) is 29.5 Å². The minimum Gasteiger partial charge on any atom is -0.508 e. The van der Waals surface area contributed by atoms with Crippen molar-refractivity contribution in [2.24, 2.45) is 39.9 Å². The lowest BCUT2D eigenvalue weighted by molar-refractivity contribution is -0.145. The molecule has 5 amide bonds. The molecule has 0 bridgehead atoms. The van der Waals surface area contributed by atoms with Crippen LogP contribution >= 0.6 is 0 Å². The van der Waals surface area contributed by atoms with Crippen LogP contribution in [0.25, 0.3) is 0 Å². The van der Waals surface area contributed by atoms with E-state index >= 15 is 0 Å². The maximum atomic E-state index is 14.5. The number of nitrogens with one attached hydrogen (secondary N) is 5. The molecule has 1 saturated heterocycles. The number of carboxylic acid groups (broad SMARTS) is 2. The standard InChI is InChI=1S/C45H61N11O10/c46-33(22-38(58)59)40(61)53-34(8-4-14-50-45(47)48)41(62)51-23-29-17-28(16-27-10-12-32(57)13-11-27)18-30(19-29)39(60)54-35(21-31-24-49-25-52-31)43(64)56-15-5-9-37(56)42(63)55-36(44(65)66)20-26-6-2-1-3-7-26/h1-3,6-7,10-13,24-25,28-30,33-37,57H,4-5,8-9,14-23,46H2,(H,49,52)(H,51,62)(H,53,61)(H,54,60)(H,55,63)(H,58,59)(H,65,66)(H4,47,48,50)/t28-,29+,30-,33+,34+,35+,36+,37+/m1/s1. The molecule has 0 radical (unpaired) electrons. The Balaban J connectivity index is 1.32. The molecule has 3 aromatic rings. The summed E-state index contributed by atoms with van der Waals surface area (Å²) in [6.45, 7) is 0.486. The molecule has 14 N–H and O–H groups in total. The topological polar surface area (TPSA) is 351 Å². The number of phenolic OH excluding ortho intramolecular Hbond substituents is 1. The second-order valence-corrected chi connectivity index (χ2v) is 17.1. The maximum absolute atomic E-state index is 14.5. The van der Waals surface area contributed by atoms with Crippen LogP contribution in [0.4, 0.5) is 0 Å². The van der Waals surface area contributed by atoms with Crippen molar-refractivity contribution in [3.8, 4) is 5.75 Å². The highest BCUT2D eigenvalue weighted by Gasteiger charge is 2.41. The highest BCUT2D eigenvalue weighted by Crippen LogP contribution is 2.36. The summed E-state index contributed by atoms with van der Waals surface area (Å²) in [6.07, 6.45) is 5.47. The van der Waals surface area contributed by atoms with Gasteiger partial charge in [-0.15, -0.1) is 0 Å². The number of phenols is 1. The number of likely N-dealkylation sites (tertiary alicyclic amines) is 1. The molecule has 2 heterocycles. The molecular weight excluding hydrogens is 855 g/mol. The van der Waals surface area contributed by atoms with Crippen LogP contribution in [0.2, 0.25) is 0 Å². The minimum atomic E-state index is -1.40. The van der Waals surface area contributed by atoms with Gasteiger partial charge >= 0.3 is 11.9 Å². The van der Waals surface area contributed by atoms with Gasteiger partial charge in [0.25, 0.3) is 0 Å². The van der Waals surface area contributed by atoms with Crippen molar-refractivity contribution in [1.82, 2.24) is 36.1 Å². The number of nitrogens with zero attached hydrogens (tertiary/aromatic N) is 3. The number of imidazole rings is 1. The van der Waals surface area contributed by atoms with E-state index in [4.69, 9.17) is 22.3 Å². The van der Waals surface area contributed by atoms with E-state index in [0.717, 1.165) is 5.56 Å². The van der Waals surface area contributed by atoms with Crippen LogP contribution in [-0.4, -0.2) is 127 Å². The van der Waals surface area contributed by atoms with E-state index < -0.39 is 84.0 Å². The van der Waals surface area contributed by atoms with Gasteiger partial charge in [-0.1, -0.05) is 42.5 Å². The van der Waals surface area contributed by atoms with E-state index in [1.165, 1.54) is 17.4 Å². The Morgan fingerprint density at radius 3 is 2.21 bits per heavy atom. The van der Waals surface area contributed by atoms with Crippen LogP contribution in [0.15, 0.2) is 72.1 Å². The van der Waals surface area contributed by atoms with Crippen molar-refractivity contribution in [1.29, 1.82) is 0 Å². The van der Waals surface area contributed by atoms with Crippen LogP contribution in [0, 0.1) is 17.8 Å². The number of nitrogens with two attached hydrogens (primary N) is 3. The van der Waals surface area contributed by atoms with Crippen LogP contribution in [0.5, 0.6) is 5.75 Å². The molecule has 1 aliphatic heterocycles. The molecule has 2 fully saturated rings. The zero-order valence-electron chi connectivity index (χ0n) is 36.6. The van der Waals surface area contributed by atoms with Gasteiger partial charge in [0.1, 0.15) is 29.9 Å². The molecule has 5 rings (SSSR count). The first-order valence-corrected chi connectivity index (χ1v) is 22.1. The zero-order valence-corrected chi connectivity index (χ0v) is 36.6. The monoisotopic (exact) mass is 915 g/mol. The number of aliphatic imine (C=N–C) groups is 1. The number of aliphatic carboxylic acids is 2. The second-order valence-electron chi connectivity index (χ2n) is 17.1. The largest absolute Gasteiger partial charge is 0.508 e. The minimum absolute atomic E-state index is 0.0245. The van der Waals surface area contributed by atoms with Crippen LogP contribution in [0.1, 0.15) is 68.2 Å². The Morgan fingerprint density at radius 1 is 0.833 bits per heavy atom. The molecule has 21 nitrogen and oxygen atoms in total. The normalized spacial score (nSPS) is 19.9. The summed E-state index contributed by atoms with van der Waals surface area (Å²) in [5, 5.41) is 40.1. The fraction of sp³-hybridized carbons (Fsp3) is 0.489. The van der Waals surface area contributed by atoms with E-state index in [-0.39, 0.29) is 62.4 Å². The quantitative estimate of drug-likeness (QED) is 0.0330. The van der Waals surface area contributed by atoms with Gasteiger partial charge in [0.15, 0.2) is 5.96 Å². The highest BCUT2D eigenvalue weighted by molar-refractivity contribution is 5.94. The fourth-order valence-electron chi connectivity index (χ4n) is 8.70. The zero-order chi connectivity index (χ0) is 47.8. The van der Waals surface area contributed by atoms with E-state index in [2.05, 4.69) is 36.2 Å². The third-order valence-corrected chi connectivity index (χ3v) is 11.9. The lowest BCUT2D eigenvalue weighted by atomic mass is 9.72. The number of hydrogen-bond acceptors (Lipinski definition) is 11. The number of rotatable bonds is 23. The number of carboxylic acids is 2. The molecular formula is C45H61N11O10. The fourth-order valence-corrected chi connectivity index (χ4v) is 8.70. The van der Waals surface area contributed by atoms with Crippen molar-refractivity contribution < 1.29 is 48.9 Å². The first-order chi connectivity index (χ1) is 31.6. The SMILES string of the molecule is NC(N)=NCCC[C@H](NC(=O)[C@@H](N)CC(=O)O)C(=O)NC[C@H]1C[C@@H](Cc2ccc(O)cc2)C[C@@H](C(=O)N[C@@H](Cc2cnc[nH]2)C(=O)N2CCC[C@H]2C(=O)N[C@@H](Cc2ccccc2)C(=O)O)C1. The predicted molar refractivity (Wildman–Crippen MR) is 240 cm³/mol. The van der Waals surface area contributed by atoms with Crippen molar-refractivity contribution in [3.05, 3.63) is 83.9 Å². The van der Waals surface area contributed by atoms with Gasteiger partial charge < -0.3 is 63.7 Å². The van der Waals surface area contributed by atoms with Gasteiger partial charge in [-0.3, -0.25) is 33.8 Å². The Hall–Kier alpha value is -7.03. The molecule has 1 aromatic heterocycles. The summed E-state index contributed by atoms with van der Waals surface area (Å²) in [4.78, 5) is 105. The van der Waals surface area contributed by atoms with Gasteiger partial charge in [-0.2, -0.15) is 0 Å². The van der Waals surface area contributed by atoms with Crippen LogP contribution in [-0.2, 0) is 52.8 Å². The lowest BCUT2D eigenvalue weighted by Crippen LogP contribution is -2.57. The average Bonchev–Trinajstić information content (AvgIpc) is 4.00. The smallest absolute Gasteiger partial charge is 0.326 e. The number of benzene rings is 2. The van der Waals surface area contributed by atoms with E-state index in [9.17, 15) is 43.8 Å². The van der Waals surface area contributed by atoms with Gasteiger partial charge in [-0.25, -0.2) is 9.78 Å². The molecule has 0 spiro atoms. The number of carbonyl (C=O) groups is 7. The van der Waals surface area contributed by atoms with Gasteiger partial charge in [0, 0.05) is 50.3 Å². The Kier molecular flexibility index (Phi) is 18.4. The van der Waals surface area contributed by atoms with Gasteiger partial charge in [0.05, 0.1) is 18.8 Å². The third kappa shape index (κ3) is 15.3. The first-order valence-electron chi connectivity index (χ1n) is 22.1. The molecule has 1 aliphatic carbocycles. The molecule has 8 atom stereocenters. The van der Waals surface area contributed by atoms with E-state index in [1.54, 1.807) is 54.6 Å². The predicted octanol–water partition coefficient (Wildman–Crippen LogP) is -0.322.